The van der Waals surface area contributed by atoms with Crippen LogP contribution in [0.5, 0.6) is 0 Å². The van der Waals surface area contributed by atoms with E-state index in [4.69, 9.17) is 18.9 Å². The summed E-state index contributed by atoms with van der Waals surface area (Å²) in [5.41, 5.74) is -9.45. The molecule has 3 rings (SSSR count). The minimum atomic E-state index is -2.36. The second-order valence-corrected chi connectivity index (χ2v) is 4.90. The highest BCUT2D eigenvalue weighted by Gasteiger charge is 3.09. The molecule has 10 heteroatoms. The predicted molar refractivity (Wildman–Crippen MR) is 61.2 cm³/mol. The highest BCUT2D eigenvalue weighted by atomic mass is 16.7. The summed E-state index contributed by atoms with van der Waals surface area (Å²) in [6.07, 6.45) is 0. The van der Waals surface area contributed by atoms with Crippen molar-refractivity contribution >= 4 is 23.9 Å². The lowest BCUT2D eigenvalue weighted by Crippen LogP contribution is -2.99. The molecule has 0 atom stereocenters. The highest BCUT2D eigenvalue weighted by molar-refractivity contribution is 6.25. The Kier molecular flexibility index (Phi) is 2.66. The summed E-state index contributed by atoms with van der Waals surface area (Å²) in [6, 6.07) is 0. The Balaban J connectivity index is 2.45. The zero-order valence-electron chi connectivity index (χ0n) is 12.1. The normalized spacial score (nSPS) is 46.0. The zero-order chi connectivity index (χ0) is 16.6. The van der Waals surface area contributed by atoms with Gasteiger partial charge in [0, 0.05) is 28.4 Å². The lowest BCUT2D eigenvalue weighted by molar-refractivity contribution is -0.382. The van der Waals surface area contributed by atoms with Crippen LogP contribution in [0, 0.1) is 0 Å². The van der Waals surface area contributed by atoms with Crippen LogP contribution in [0.3, 0.4) is 0 Å². The molecule has 0 aromatic rings. The van der Waals surface area contributed by atoms with E-state index in [0.29, 0.717) is 0 Å². The number of methoxy groups -OCH3 is 4. The molecule has 0 N–H and O–H groups in total. The number of ether oxygens (including phenoxy) is 6. The molecule has 0 radical (unpaired) electrons. The number of cyclic esters (lactones) is 4. The second kappa shape index (κ2) is 3.90. The molecule has 0 unspecified atom stereocenters. The molecular formula is C12H12O10. The first-order valence-electron chi connectivity index (χ1n) is 6.08. The Labute approximate surface area is 123 Å². The molecule has 0 aromatic heterocycles. The van der Waals surface area contributed by atoms with Crippen molar-refractivity contribution < 1.29 is 47.6 Å². The Bertz CT molecular complexity index is 505. The van der Waals surface area contributed by atoms with E-state index in [0.717, 1.165) is 28.4 Å². The Morgan fingerprint density at radius 3 is 0.864 bits per heavy atom. The van der Waals surface area contributed by atoms with Gasteiger partial charge in [-0.05, 0) is 0 Å². The minimum absolute atomic E-state index is 1.05. The van der Waals surface area contributed by atoms with Crippen LogP contribution in [-0.4, -0.2) is 74.7 Å². The van der Waals surface area contributed by atoms with Crippen molar-refractivity contribution in [2.75, 3.05) is 28.4 Å². The fourth-order valence-corrected chi connectivity index (χ4v) is 4.02. The lowest BCUT2D eigenvalue weighted by Gasteiger charge is -2.63. The summed E-state index contributed by atoms with van der Waals surface area (Å²) in [4.78, 5) is 49.1. The molecule has 3 fully saturated rings. The molecule has 0 bridgehead atoms. The van der Waals surface area contributed by atoms with Gasteiger partial charge in [0.25, 0.3) is 22.4 Å². The zero-order valence-corrected chi connectivity index (χ0v) is 12.1. The van der Waals surface area contributed by atoms with E-state index in [-0.39, 0.29) is 0 Å². The molecule has 22 heavy (non-hydrogen) atoms. The van der Waals surface area contributed by atoms with Crippen LogP contribution in [0.25, 0.3) is 0 Å². The summed E-state index contributed by atoms with van der Waals surface area (Å²) >= 11 is 0. The minimum Gasteiger partial charge on any atom is -0.388 e. The maximum Gasteiger partial charge on any atom is 0.353 e. The van der Waals surface area contributed by atoms with E-state index < -0.39 is 46.3 Å². The first-order valence-corrected chi connectivity index (χ1v) is 6.08. The van der Waals surface area contributed by atoms with E-state index in [9.17, 15) is 19.2 Å². The molecule has 1 saturated carbocycles. The average Bonchev–Trinajstić information content (AvgIpc) is 2.79. The molecule has 1 aliphatic carbocycles. The van der Waals surface area contributed by atoms with Gasteiger partial charge in [-0.25, -0.2) is 19.2 Å². The lowest BCUT2D eigenvalue weighted by atomic mass is 9.45. The van der Waals surface area contributed by atoms with E-state index in [1.54, 1.807) is 0 Å². The molecule has 2 heterocycles. The van der Waals surface area contributed by atoms with Crippen molar-refractivity contribution in [1.29, 1.82) is 0 Å². The Hall–Kier alpha value is -1.88. The van der Waals surface area contributed by atoms with Gasteiger partial charge in [-0.15, -0.1) is 0 Å². The third kappa shape index (κ3) is 0.870. The van der Waals surface area contributed by atoms with Gasteiger partial charge in [0.1, 0.15) is 0 Å². The van der Waals surface area contributed by atoms with Crippen molar-refractivity contribution in [3.05, 3.63) is 0 Å². The van der Waals surface area contributed by atoms with Gasteiger partial charge in [-0.2, -0.15) is 0 Å². The van der Waals surface area contributed by atoms with Gasteiger partial charge >= 0.3 is 23.9 Å². The number of esters is 4. The Morgan fingerprint density at radius 2 is 0.727 bits per heavy atom. The number of hydrogen-bond donors (Lipinski definition) is 0. The maximum atomic E-state index is 12.3. The van der Waals surface area contributed by atoms with Gasteiger partial charge < -0.3 is 28.4 Å². The molecule has 3 aliphatic rings. The molecule has 10 nitrogen and oxygen atoms in total. The van der Waals surface area contributed by atoms with E-state index in [1.807, 2.05) is 0 Å². The van der Waals surface area contributed by atoms with Crippen molar-refractivity contribution in [2.45, 2.75) is 22.4 Å². The number of carbonyl (C=O) groups excluding carboxylic acids is 4. The van der Waals surface area contributed by atoms with E-state index >= 15 is 0 Å². The summed E-state index contributed by atoms with van der Waals surface area (Å²) in [5.74, 6) is -4.93. The monoisotopic (exact) mass is 316 g/mol. The quantitative estimate of drug-likeness (QED) is 0.413. The second-order valence-electron chi connectivity index (χ2n) is 4.90. The Morgan fingerprint density at radius 1 is 0.545 bits per heavy atom. The van der Waals surface area contributed by atoms with Crippen LogP contribution in [0.15, 0.2) is 0 Å². The standard InChI is InChI=1S/C12H12O10/c1-17-9-5(13)21-6(14)10(9,18-2)12(20-4)8(16)22-7(15)11(9,12)19-3/h1-4H3. The fourth-order valence-electron chi connectivity index (χ4n) is 4.02. The first kappa shape index (κ1) is 15.0. The topological polar surface area (TPSA) is 124 Å². The van der Waals surface area contributed by atoms with Crippen molar-refractivity contribution in [2.24, 2.45) is 0 Å². The van der Waals surface area contributed by atoms with E-state index in [1.165, 1.54) is 0 Å². The summed E-state index contributed by atoms with van der Waals surface area (Å²) in [5, 5.41) is 0. The van der Waals surface area contributed by atoms with Crippen LogP contribution < -0.4 is 0 Å². The van der Waals surface area contributed by atoms with Crippen molar-refractivity contribution in [3.63, 3.8) is 0 Å². The largest absolute Gasteiger partial charge is 0.388 e. The number of fused-ring (bicyclic) bond motifs is 4. The van der Waals surface area contributed by atoms with Gasteiger partial charge in [-0.3, -0.25) is 0 Å². The fraction of sp³-hybridized carbons (Fsp3) is 0.667. The third-order valence-electron chi connectivity index (χ3n) is 4.73. The SMILES string of the molecule is COC12C(=O)OC(=O)C1(OC)C1(OC)C(=O)OC(=O)C21OC. The van der Waals surface area contributed by atoms with Crippen LogP contribution in [-0.2, 0) is 47.6 Å². The summed E-state index contributed by atoms with van der Waals surface area (Å²) in [7, 11) is 4.18. The number of rotatable bonds is 4. The molecule has 0 aromatic carbocycles. The molecular weight excluding hydrogens is 304 g/mol. The average molecular weight is 316 g/mol. The van der Waals surface area contributed by atoms with Crippen LogP contribution in [0.2, 0.25) is 0 Å². The van der Waals surface area contributed by atoms with Gasteiger partial charge in [-0.1, -0.05) is 0 Å². The highest BCUT2D eigenvalue weighted by Crippen LogP contribution is 2.70. The van der Waals surface area contributed by atoms with Crippen LogP contribution in [0.1, 0.15) is 0 Å². The van der Waals surface area contributed by atoms with Crippen molar-refractivity contribution in [3.8, 4) is 0 Å². The third-order valence-corrected chi connectivity index (χ3v) is 4.73. The maximum absolute atomic E-state index is 12.3. The summed E-state index contributed by atoms with van der Waals surface area (Å²) < 4.78 is 29.8. The molecule has 2 aliphatic heterocycles. The predicted octanol–water partition coefficient (Wildman–Crippen LogP) is -2.29. The molecule has 120 valence electrons. The molecule has 2 saturated heterocycles. The van der Waals surface area contributed by atoms with Gasteiger partial charge in [0.15, 0.2) is 0 Å². The first-order chi connectivity index (χ1) is 10.3. The number of carbonyl (C=O) groups is 4. The summed E-state index contributed by atoms with van der Waals surface area (Å²) in [6.45, 7) is 0. The van der Waals surface area contributed by atoms with Gasteiger partial charge in [0.05, 0.1) is 0 Å². The van der Waals surface area contributed by atoms with Crippen LogP contribution >= 0.6 is 0 Å². The molecule has 0 amide bonds. The van der Waals surface area contributed by atoms with Gasteiger partial charge in [0.2, 0.25) is 0 Å². The smallest absolute Gasteiger partial charge is 0.353 e. The molecule has 0 spiro atoms. The number of hydrogen-bond acceptors (Lipinski definition) is 10. The van der Waals surface area contributed by atoms with Crippen molar-refractivity contribution in [1.82, 2.24) is 0 Å². The van der Waals surface area contributed by atoms with Crippen LogP contribution in [0.4, 0.5) is 0 Å². The van der Waals surface area contributed by atoms with E-state index in [2.05, 4.69) is 9.47 Å².